The monoisotopic (exact) mass is 389 g/mol. The van der Waals surface area contributed by atoms with Gasteiger partial charge in [0.05, 0.1) is 6.10 Å². The summed E-state index contributed by atoms with van der Waals surface area (Å²) in [5.74, 6) is 3.18. The van der Waals surface area contributed by atoms with Gasteiger partial charge in [-0.3, -0.25) is 0 Å². The van der Waals surface area contributed by atoms with Gasteiger partial charge in [0.25, 0.3) is 0 Å². The SMILES string of the molecule is C[C@]12CC[C@H](O)CC1=CC[C@@H]1[C@@H]2CC[C@]2(C)C(c3onc4ccccc34)=CC[C@@H]12. The molecule has 3 heteroatoms. The molecule has 6 atom stereocenters. The van der Waals surface area contributed by atoms with Crippen LogP contribution in [0.1, 0.15) is 64.6 Å². The van der Waals surface area contributed by atoms with Crippen molar-refractivity contribution in [3.63, 3.8) is 0 Å². The van der Waals surface area contributed by atoms with Gasteiger partial charge >= 0.3 is 0 Å². The number of rotatable bonds is 1. The molecular weight excluding hydrogens is 358 g/mol. The molecule has 0 saturated heterocycles. The third-order valence-corrected chi connectivity index (χ3v) is 9.29. The van der Waals surface area contributed by atoms with E-state index in [2.05, 4.69) is 43.3 Å². The maximum atomic E-state index is 10.2. The highest BCUT2D eigenvalue weighted by molar-refractivity contribution is 5.91. The van der Waals surface area contributed by atoms with Crippen molar-refractivity contribution >= 4 is 16.5 Å². The number of nitrogens with zero attached hydrogens (tertiary/aromatic N) is 1. The predicted molar refractivity (Wildman–Crippen MR) is 115 cm³/mol. The van der Waals surface area contributed by atoms with Crippen molar-refractivity contribution in [3.8, 4) is 0 Å². The molecule has 0 unspecified atom stereocenters. The molecule has 2 saturated carbocycles. The van der Waals surface area contributed by atoms with E-state index in [1.54, 1.807) is 5.57 Å². The summed E-state index contributed by atoms with van der Waals surface area (Å²) in [7, 11) is 0. The van der Waals surface area contributed by atoms with Crippen LogP contribution in [0.3, 0.4) is 0 Å². The maximum absolute atomic E-state index is 10.2. The molecule has 0 spiro atoms. The molecule has 0 aliphatic heterocycles. The summed E-state index contributed by atoms with van der Waals surface area (Å²) in [5, 5.41) is 15.7. The summed E-state index contributed by atoms with van der Waals surface area (Å²) >= 11 is 0. The van der Waals surface area contributed by atoms with Crippen molar-refractivity contribution in [2.24, 2.45) is 28.6 Å². The van der Waals surface area contributed by atoms with Gasteiger partial charge in [0, 0.05) is 11.0 Å². The fourth-order valence-corrected chi connectivity index (χ4v) is 7.64. The van der Waals surface area contributed by atoms with E-state index in [1.165, 1.54) is 24.8 Å². The van der Waals surface area contributed by atoms with E-state index in [-0.39, 0.29) is 11.5 Å². The van der Waals surface area contributed by atoms with Crippen LogP contribution < -0.4 is 0 Å². The Labute approximate surface area is 172 Å². The zero-order valence-corrected chi connectivity index (χ0v) is 17.5. The summed E-state index contributed by atoms with van der Waals surface area (Å²) in [5.41, 5.74) is 4.38. The van der Waals surface area contributed by atoms with Crippen LogP contribution in [0, 0.1) is 28.6 Å². The van der Waals surface area contributed by atoms with Crippen LogP contribution in [-0.4, -0.2) is 16.4 Å². The fraction of sp³-hybridized carbons (Fsp3) is 0.577. The molecule has 1 heterocycles. The lowest BCUT2D eigenvalue weighted by atomic mass is 9.47. The normalized spacial score (nSPS) is 41.3. The Kier molecular flexibility index (Phi) is 3.76. The Hall–Kier alpha value is -1.87. The van der Waals surface area contributed by atoms with Gasteiger partial charge in [-0.15, -0.1) is 0 Å². The molecule has 29 heavy (non-hydrogen) atoms. The number of aliphatic hydroxyl groups excluding tert-OH is 1. The van der Waals surface area contributed by atoms with Crippen LogP contribution in [0.2, 0.25) is 0 Å². The molecule has 2 aromatic rings. The summed E-state index contributed by atoms with van der Waals surface area (Å²) in [6, 6.07) is 8.30. The van der Waals surface area contributed by atoms with E-state index in [9.17, 15) is 5.11 Å². The first-order valence-electron chi connectivity index (χ1n) is 11.4. The summed E-state index contributed by atoms with van der Waals surface area (Å²) in [6.45, 7) is 4.98. The van der Waals surface area contributed by atoms with Gasteiger partial charge in [0.15, 0.2) is 5.76 Å². The van der Waals surface area contributed by atoms with Crippen molar-refractivity contribution in [2.45, 2.75) is 64.9 Å². The standard InChI is InChI=1S/C26H31NO2/c1-25-13-11-17(28)15-16(25)7-8-18-20-9-10-22(26(20,2)14-12-21(18)25)24-19-5-3-4-6-23(19)27-29-24/h3-7,10,17-18,20-21,28H,8-9,11-15H2,1-2H3/t17-,18-,20-,21-,25-,26-/m0/s1. The van der Waals surface area contributed by atoms with Crippen molar-refractivity contribution in [1.82, 2.24) is 5.16 Å². The molecule has 4 aliphatic carbocycles. The van der Waals surface area contributed by atoms with E-state index in [0.717, 1.165) is 54.2 Å². The minimum absolute atomic E-state index is 0.126. The Morgan fingerprint density at radius 1 is 1.00 bits per heavy atom. The molecule has 0 amide bonds. The van der Waals surface area contributed by atoms with Gasteiger partial charge in [0.2, 0.25) is 0 Å². The van der Waals surface area contributed by atoms with E-state index in [0.29, 0.717) is 11.3 Å². The average molecular weight is 390 g/mol. The minimum Gasteiger partial charge on any atom is -0.393 e. The molecule has 1 aromatic heterocycles. The van der Waals surface area contributed by atoms with Crippen LogP contribution in [0.15, 0.2) is 46.5 Å². The van der Waals surface area contributed by atoms with E-state index < -0.39 is 0 Å². The van der Waals surface area contributed by atoms with Crippen LogP contribution in [0.25, 0.3) is 16.5 Å². The van der Waals surface area contributed by atoms with Crippen molar-refractivity contribution in [3.05, 3.63) is 47.8 Å². The number of aliphatic hydroxyl groups is 1. The van der Waals surface area contributed by atoms with Gasteiger partial charge in [-0.1, -0.05) is 48.9 Å². The largest absolute Gasteiger partial charge is 0.393 e. The highest BCUT2D eigenvalue weighted by atomic mass is 16.5. The molecule has 2 fully saturated rings. The molecule has 4 aliphatic rings. The summed E-state index contributed by atoms with van der Waals surface area (Å²) in [6.07, 6.45) is 12.7. The zero-order valence-electron chi connectivity index (χ0n) is 17.5. The van der Waals surface area contributed by atoms with Crippen LogP contribution in [-0.2, 0) is 0 Å². The highest BCUT2D eigenvalue weighted by Gasteiger charge is 2.57. The lowest BCUT2D eigenvalue weighted by molar-refractivity contribution is -0.0241. The lowest BCUT2D eigenvalue weighted by Gasteiger charge is -2.57. The van der Waals surface area contributed by atoms with E-state index in [1.807, 2.05) is 12.1 Å². The quantitative estimate of drug-likeness (QED) is 0.596. The second kappa shape index (κ2) is 6.07. The molecule has 1 N–H and O–H groups in total. The van der Waals surface area contributed by atoms with Gasteiger partial charge in [-0.2, -0.15) is 0 Å². The van der Waals surface area contributed by atoms with Crippen molar-refractivity contribution < 1.29 is 9.63 Å². The number of allylic oxidation sites excluding steroid dienone is 3. The smallest absolute Gasteiger partial charge is 0.170 e. The zero-order chi connectivity index (χ0) is 19.8. The minimum atomic E-state index is -0.126. The van der Waals surface area contributed by atoms with Gasteiger partial charge < -0.3 is 9.63 Å². The number of hydrogen-bond donors (Lipinski definition) is 1. The predicted octanol–water partition coefficient (Wildman–Crippen LogP) is 6.14. The van der Waals surface area contributed by atoms with Gasteiger partial charge in [0.1, 0.15) is 5.52 Å². The number of fused-ring (bicyclic) bond motifs is 6. The molecule has 0 bridgehead atoms. The summed E-state index contributed by atoms with van der Waals surface area (Å²) in [4.78, 5) is 0. The van der Waals surface area contributed by atoms with Gasteiger partial charge in [-0.25, -0.2) is 0 Å². The van der Waals surface area contributed by atoms with Gasteiger partial charge in [-0.05, 0) is 85.7 Å². The third-order valence-electron chi connectivity index (χ3n) is 9.29. The first-order chi connectivity index (χ1) is 14.0. The molecule has 3 nitrogen and oxygen atoms in total. The first kappa shape index (κ1) is 17.9. The number of aromatic nitrogens is 1. The number of benzene rings is 1. The Morgan fingerprint density at radius 2 is 1.83 bits per heavy atom. The first-order valence-corrected chi connectivity index (χ1v) is 11.4. The molecule has 1 aromatic carbocycles. The maximum Gasteiger partial charge on any atom is 0.170 e. The molecule has 6 rings (SSSR count). The Bertz CT molecular complexity index is 1030. The third kappa shape index (κ3) is 2.37. The second-order valence-electron chi connectivity index (χ2n) is 10.5. The van der Waals surface area contributed by atoms with E-state index >= 15 is 0 Å². The fourth-order valence-electron chi connectivity index (χ4n) is 7.64. The Balaban J connectivity index is 1.36. The summed E-state index contributed by atoms with van der Waals surface area (Å²) < 4.78 is 5.91. The highest BCUT2D eigenvalue weighted by Crippen LogP contribution is 2.66. The number of hydrogen-bond acceptors (Lipinski definition) is 3. The lowest BCUT2D eigenvalue weighted by Crippen LogP contribution is -2.49. The van der Waals surface area contributed by atoms with E-state index in [4.69, 9.17) is 4.52 Å². The average Bonchev–Trinajstić information content (AvgIpc) is 3.29. The second-order valence-corrected chi connectivity index (χ2v) is 10.5. The van der Waals surface area contributed by atoms with Crippen molar-refractivity contribution in [1.29, 1.82) is 0 Å². The molecule has 152 valence electrons. The van der Waals surface area contributed by atoms with Crippen LogP contribution in [0.5, 0.6) is 0 Å². The molecular formula is C26H31NO2. The van der Waals surface area contributed by atoms with Crippen LogP contribution >= 0.6 is 0 Å². The Morgan fingerprint density at radius 3 is 2.72 bits per heavy atom. The molecule has 0 radical (unpaired) electrons. The van der Waals surface area contributed by atoms with Crippen LogP contribution in [0.4, 0.5) is 0 Å². The van der Waals surface area contributed by atoms with Crippen molar-refractivity contribution in [2.75, 3.05) is 0 Å². The topological polar surface area (TPSA) is 46.3 Å².